The molecule has 2 N–H and O–H groups in total. The minimum atomic E-state index is 0.363. The van der Waals surface area contributed by atoms with Crippen LogP contribution in [-0.4, -0.2) is 33.8 Å². The molecule has 16 heavy (non-hydrogen) atoms. The van der Waals surface area contributed by atoms with E-state index in [1.807, 2.05) is 0 Å². The van der Waals surface area contributed by atoms with Crippen LogP contribution in [0.2, 0.25) is 0 Å². The molecule has 4 heteroatoms. The normalized spacial score (nSPS) is 21.9. The van der Waals surface area contributed by atoms with Gasteiger partial charge in [-0.05, 0) is 27.2 Å². The maximum atomic E-state index is 5.92. The molecule has 1 aromatic rings. The van der Waals surface area contributed by atoms with Gasteiger partial charge in [0.25, 0.3) is 0 Å². The number of nitrogens with zero attached hydrogens (tertiary/aromatic N) is 3. The first-order valence-corrected chi connectivity index (χ1v) is 6.12. The molecule has 1 atom stereocenters. The summed E-state index contributed by atoms with van der Waals surface area (Å²) in [5, 5.41) is 4.55. The Labute approximate surface area is 97.4 Å². The van der Waals surface area contributed by atoms with Crippen molar-refractivity contribution in [3.8, 4) is 0 Å². The van der Waals surface area contributed by atoms with E-state index in [1.54, 1.807) is 0 Å². The Hall–Kier alpha value is -0.870. The highest BCUT2D eigenvalue weighted by Crippen LogP contribution is 2.18. The highest BCUT2D eigenvalue weighted by atomic mass is 15.3. The quantitative estimate of drug-likeness (QED) is 0.831. The van der Waals surface area contributed by atoms with Gasteiger partial charge in [0.2, 0.25) is 0 Å². The van der Waals surface area contributed by atoms with Gasteiger partial charge >= 0.3 is 0 Å². The predicted molar refractivity (Wildman–Crippen MR) is 65.2 cm³/mol. The van der Waals surface area contributed by atoms with Crippen LogP contribution >= 0.6 is 0 Å². The highest BCUT2D eigenvalue weighted by molar-refractivity contribution is 5.24. The van der Waals surface area contributed by atoms with Crippen LogP contribution in [0.1, 0.15) is 30.3 Å². The Kier molecular flexibility index (Phi) is 3.30. The maximum absolute atomic E-state index is 5.92. The molecule has 0 saturated carbocycles. The van der Waals surface area contributed by atoms with E-state index < -0.39 is 0 Å². The molecule has 1 aliphatic rings. The van der Waals surface area contributed by atoms with Crippen molar-refractivity contribution in [1.29, 1.82) is 0 Å². The van der Waals surface area contributed by atoms with E-state index in [2.05, 4.69) is 35.5 Å². The van der Waals surface area contributed by atoms with Crippen molar-refractivity contribution in [2.75, 3.05) is 13.1 Å². The van der Waals surface area contributed by atoms with Crippen LogP contribution in [0.15, 0.2) is 0 Å². The molecule has 0 aliphatic carbocycles. The molecule has 0 bridgehead atoms. The Morgan fingerprint density at radius 1 is 1.44 bits per heavy atom. The molecule has 0 radical (unpaired) electrons. The van der Waals surface area contributed by atoms with Gasteiger partial charge in [-0.1, -0.05) is 0 Å². The second kappa shape index (κ2) is 4.55. The zero-order chi connectivity index (χ0) is 11.7. The van der Waals surface area contributed by atoms with E-state index in [0.29, 0.717) is 6.04 Å². The van der Waals surface area contributed by atoms with Gasteiger partial charge in [-0.15, -0.1) is 0 Å². The molecule has 0 amide bonds. The van der Waals surface area contributed by atoms with Crippen molar-refractivity contribution in [3.05, 3.63) is 17.0 Å². The number of rotatable bonds is 3. The minimum Gasteiger partial charge on any atom is -0.326 e. The smallest absolute Gasteiger partial charge is 0.0641 e. The second-order valence-electron chi connectivity index (χ2n) is 4.75. The number of likely N-dealkylation sites (tertiary alicyclic amines) is 1. The lowest BCUT2D eigenvalue weighted by atomic mass is 10.2. The number of nitrogens with two attached hydrogens (primary N) is 1. The number of hydrogen-bond donors (Lipinski definition) is 1. The third-order valence-corrected chi connectivity index (χ3v) is 3.52. The molecule has 4 nitrogen and oxygen atoms in total. The minimum absolute atomic E-state index is 0.363. The van der Waals surface area contributed by atoms with Crippen LogP contribution < -0.4 is 5.73 Å². The van der Waals surface area contributed by atoms with Gasteiger partial charge < -0.3 is 5.73 Å². The van der Waals surface area contributed by atoms with Crippen LogP contribution in [-0.2, 0) is 13.1 Å². The topological polar surface area (TPSA) is 47.1 Å². The molecule has 1 saturated heterocycles. The van der Waals surface area contributed by atoms with Crippen LogP contribution in [0.5, 0.6) is 0 Å². The molecule has 0 aromatic carbocycles. The van der Waals surface area contributed by atoms with Crippen molar-refractivity contribution in [2.24, 2.45) is 5.73 Å². The summed E-state index contributed by atoms with van der Waals surface area (Å²) < 4.78 is 2.08. The van der Waals surface area contributed by atoms with Gasteiger partial charge in [-0.3, -0.25) is 9.58 Å². The van der Waals surface area contributed by atoms with E-state index in [9.17, 15) is 0 Å². The lowest BCUT2D eigenvalue weighted by molar-refractivity contribution is 0.325. The standard InChI is InChI=1S/C12H22N4/c1-4-16-10(3)12(9(2)14-16)8-15-6-5-11(13)7-15/h11H,4-8,13H2,1-3H3/t11-/m0/s1. The Balaban J connectivity index is 2.12. The molecule has 2 heterocycles. The van der Waals surface area contributed by atoms with Crippen LogP contribution in [0, 0.1) is 13.8 Å². The van der Waals surface area contributed by atoms with Crippen molar-refractivity contribution >= 4 is 0 Å². The van der Waals surface area contributed by atoms with Crippen LogP contribution in [0.4, 0.5) is 0 Å². The highest BCUT2D eigenvalue weighted by Gasteiger charge is 2.21. The summed E-state index contributed by atoms with van der Waals surface area (Å²) >= 11 is 0. The SMILES string of the molecule is CCn1nc(C)c(CN2CC[C@H](N)C2)c1C. The number of aromatic nitrogens is 2. The fourth-order valence-corrected chi connectivity index (χ4v) is 2.50. The summed E-state index contributed by atoms with van der Waals surface area (Å²) in [6.45, 7) is 10.5. The Bertz CT molecular complexity index is 369. The summed E-state index contributed by atoms with van der Waals surface area (Å²) in [4.78, 5) is 2.43. The average molecular weight is 222 g/mol. The summed E-state index contributed by atoms with van der Waals surface area (Å²) in [5.74, 6) is 0. The van der Waals surface area contributed by atoms with Crippen LogP contribution in [0.3, 0.4) is 0 Å². The fourth-order valence-electron chi connectivity index (χ4n) is 2.50. The van der Waals surface area contributed by atoms with Crippen molar-refractivity contribution in [2.45, 2.75) is 46.3 Å². The van der Waals surface area contributed by atoms with Crippen LogP contribution in [0.25, 0.3) is 0 Å². The van der Waals surface area contributed by atoms with E-state index >= 15 is 0 Å². The molecule has 1 aliphatic heterocycles. The third-order valence-electron chi connectivity index (χ3n) is 3.52. The average Bonchev–Trinajstić information content (AvgIpc) is 2.77. The molecule has 1 aromatic heterocycles. The van der Waals surface area contributed by atoms with E-state index in [0.717, 1.165) is 32.6 Å². The molecule has 90 valence electrons. The van der Waals surface area contributed by atoms with Gasteiger partial charge in [0.15, 0.2) is 0 Å². The number of aryl methyl sites for hydroxylation is 2. The van der Waals surface area contributed by atoms with E-state index in [4.69, 9.17) is 5.73 Å². The van der Waals surface area contributed by atoms with Crippen molar-refractivity contribution in [3.63, 3.8) is 0 Å². The van der Waals surface area contributed by atoms with E-state index in [-0.39, 0.29) is 0 Å². The summed E-state index contributed by atoms with van der Waals surface area (Å²) in [5.41, 5.74) is 9.78. The zero-order valence-electron chi connectivity index (χ0n) is 10.5. The fraction of sp³-hybridized carbons (Fsp3) is 0.750. The summed E-state index contributed by atoms with van der Waals surface area (Å²) in [6.07, 6.45) is 1.13. The molecular formula is C12H22N4. The predicted octanol–water partition coefficient (Wildman–Crippen LogP) is 1.05. The molecule has 0 unspecified atom stereocenters. The lowest BCUT2D eigenvalue weighted by Crippen LogP contribution is -2.26. The third kappa shape index (κ3) is 2.13. The first kappa shape index (κ1) is 11.6. The maximum Gasteiger partial charge on any atom is 0.0641 e. The zero-order valence-corrected chi connectivity index (χ0v) is 10.5. The first-order chi connectivity index (χ1) is 7.61. The summed E-state index contributed by atoms with van der Waals surface area (Å²) in [6, 6.07) is 0.363. The molecule has 0 spiro atoms. The second-order valence-corrected chi connectivity index (χ2v) is 4.75. The van der Waals surface area contributed by atoms with Crippen molar-refractivity contribution < 1.29 is 0 Å². The first-order valence-electron chi connectivity index (χ1n) is 6.12. The van der Waals surface area contributed by atoms with E-state index in [1.165, 1.54) is 17.0 Å². The Morgan fingerprint density at radius 2 is 2.19 bits per heavy atom. The summed E-state index contributed by atoms with van der Waals surface area (Å²) in [7, 11) is 0. The molecule has 2 rings (SSSR count). The van der Waals surface area contributed by atoms with Gasteiger partial charge in [-0.25, -0.2) is 0 Å². The van der Waals surface area contributed by atoms with Gasteiger partial charge in [0.1, 0.15) is 0 Å². The Morgan fingerprint density at radius 3 is 2.69 bits per heavy atom. The largest absolute Gasteiger partial charge is 0.326 e. The van der Waals surface area contributed by atoms with Gasteiger partial charge in [-0.2, -0.15) is 5.10 Å². The van der Waals surface area contributed by atoms with Crippen molar-refractivity contribution in [1.82, 2.24) is 14.7 Å². The monoisotopic (exact) mass is 222 g/mol. The van der Waals surface area contributed by atoms with Gasteiger partial charge in [0.05, 0.1) is 5.69 Å². The number of hydrogen-bond acceptors (Lipinski definition) is 3. The molecular weight excluding hydrogens is 200 g/mol. The van der Waals surface area contributed by atoms with Gasteiger partial charge in [0, 0.05) is 43.5 Å². The lowest BCUT2D eigenvalue weighted by Gasteiger charge is -2.15. The molecule has 1 fully saturated rings.